The molecule has 0 N–H and O–H groups in total. The van der Waals surface area contributed by atoms with E-state index in [1.807, 2.05) is 0 Å². The highest BCUT2D eigenvalue weighted by Gasteiger charge is 2.48. The molecule has 3 rings (SSSR count). The summed E-state index contributed by atoms with van der Waals surface area (Å²) in [5, 5.41) is 7.70. The number of imide groups is 1. The van der Waals surface area contributed by atoms with E-state index in [1.54, 1.807) is 17.0 Å². The van der Waals surface area contributed by atoms with Crippen LogP contribution < -0.4 is 9.64 Å². The molecule has 2 atom stereocenters. The summed E-state index contributed by atoms with van der Waals surface area (Å²) < 4.78 is 4.92. The zero-order chi connectivity index (χ0) is 14.3. The molecule has 2 fully saturated rings. The highest BCUT2D eigenvalue weighted by atomic mass is 16.5. The van der Waals surface area contributed by atoms with E-state index in [4.69, 9.17) is 4.74 Å². The molecule has 2 saturated heterocycles. The third-order valence-corrected chi connectivity index (χ3v) is 3.87. The Hall–Kier alpha value is -2.18. The second-order valence-corrected chi connectivity index (χ2v) is 5.23. The van der Waals surface area contributed by atoms with Gasteiger partial charge in [0, 0.05) is 12.6 Å². The molecule has 20 heavy (non-hydrogen) atoms. The standard InChI is InChI=1S/C13H16N4O3/c1-8-5-6-16-9(7-8)12(18)17(13(16)19)10-3-4-11(20-2)15-14-10/h3-4,8-9H,5-7H2,1-2H3/t8-,9+/m1/s1. The van der Waals surface area contributed by atoms with Crippen LogP contribution >= 0.6 is 0 Å². The van der Waals surface area contributed by atoms with Crippen LogP contribution in [0.1, 0.15) is 19.8 Å². The number of ether oxygens (including phenoxy) is 1. The zero-order valence-corrected chi connectivity index (χ0v) is 11.4. The van der Waals surface area contributed by atoms with Crippen LogP contribution in [0, 0.1) is 5.92 Å². The highest BCUT2D eigenvalue weighted by molar-refractivity contribution is 6.20. The van der Waals surface area contributed by atoms with E-state index in [0.29, 0.717) is 24.8 Å². The van der Waals surface area contributed by atoms with Crippen LogP contribution in [-0.2, 0) is 4.79 Å². The van der Waals surface area contributed by atoms with Gasteiger partial charge in [0.2, 0.25) is 5.88 Å². The van der Waals surface area contributed by atoms with Crippen molar-refractivity contribution in [3.8, 4) is 5.88 Å². The summed E-state index contributed by atoms with van der Waals surface area (Å²) in [6, 6.07) is 2.51. The van der Waals surface area contributed by atoms with E-state index in [9.17, 15) is 9.59 Å². The van der Waals surface area contributed by atoms with Gasteiger partial charge >= 0.3 is 6.03 Å². The maximum atomic E-state index is 12.4. The van der Waals surface area contributed by atoms with Crippen molar-refractivity contribution in [1.82, 2.24) is 15.1 Å². The van der Waals surface area contributed by atoms with Crippen molar-refractivity contribution >= 4 is 17.8 Å². The van der Waals surface area contributed by atoms with Crippen molar-refractivity contribution in [2.24, 2.45) is 5.92 Å². The molecule has 0 aliphatic carbocycles. The molecule has 3 amide bonds. The third kappa shape index (κ3) is 1.90. The SMILES string of the molecule is COc1ccc(N2C(=O)[C@@H]3C[C@H](C)CCN3C2=O)nn1. The van der Waals surface area contributed by atoms with E-state index in [1.165, 1.54) is 7.11 Å². The summed E-state index contributed by atoms with van der Waals surface area (Å²) in [5.74, 6) is 0.845. The van der Waals surface area contributed by atoms with Crippen LogP contribution in [0.4, 0.5) is 10.6 Å². The number of amides is 3. The molecule has 2 aliphatic heterocycles. The van der Waals surface area contributed by atoms with E-state index < -0.39 is 0 Å². The number of nitrogens with zero attached hydrogens (tertiary/aromatic N) is 4. The summed E-state index contributed by atoms with van der Waals surface area (Å²) in [6.45, 7) is 2.72. The van der Waals surface area contributed by atoms with Crippen LogP contribution in [-0.4, -0.2) is 46.7 Å². The Morgan fingerprint density at radius 2 is 2.10 bits per heavy atom. The number of aromatic nitrogens is 2. The maximum Gasteiger partial charge on any atom is 0.333 e. The van der Waals surface area contributed by atoms with Crippen molar-refractivity contribution < 1.29 is 14.3 Å². The number of piperidine rings is 1. The molecule has 0 spiro atoms. The van der Waals surface area contributed by atoms with Gasteiger partial charge < -0.3 is 9.64 Å². The number of hydrogen-bond acceptors (Lipinski definition) is 5. The molecule has 0 unspecified atom stereocenters. The quantitative estimate of drug-likeness (QED) is 0.755. The number of urea groups is 1. The number of rotatable bonds is 2. The molecule has 1 aromatic heterocycles. The molecular formula is C13H16N4O3. The van der Waals surface area contributed by atoms with E-state index in [-0.39, 0.29) is 23.8 Å². The van der Waals surface area contributed by atoms with Crippen LogP contribution in [0.5, 0.6) is 5.88 Å². The van der Waals surface area contributed by atoms with Crippen molar-refractivity contribution in [3.05, 3.63) is 12.1 Å². The van der Waals surface area contributed by atoms with Gasteiger partial charge in [-0.2, -0.15) is 0 Å². The van der Waals surface area contributed by atoms with Crippen molar-refractivity contribution in [2.75, 3.05) is 18.6 Å². The summed E-state index contributed by atoms with van der Waals surface area (Å²) >= 11 is 0. The molecule has 0 aromatic carbocycles. The summed E-state index contributed by atoms with van der Waals surface area (Å²) in [7, 11) is 1.48. The van der Waals surface area contributed by atoms with E-state index in [0.717, 1.165) is 11.3 Å². The first kappa shape index (κ1) is 12.8. The predicted octanol–water partition coefficient (Wildman–Crippen LogP) is 1.05. The molecule has 7 nitrogen and oxygen atoms in total. The summed E-state index contributed by atoms with van der Waals surface area (Å²) in [4.78, 5) is 27.5. The number of fused-ring (bicyclic) bond motifs is 1. The van der Waals surface area contributed by atoms with Crippen LogP contribution in [0.3, 0.4) is 0 Å². The summed E-state index contributed by atoms with van der Waals surface area (Å²) in [5.41, 5.74) is 0. The monoisotopic (exact) mass is 276 g/mol. The Balaban J connectivity index is 1.89. The van der Waals surface area contributed by atoms with Gasteiger partial charge in [0.05, 0.1) is 7.11 Å². The second-order valence-electron chi connectivity index (χ2n) is 5.23. The lowest BCUT2D eigenvalue weighted by Crippen LogP contribution is -2.41. The molecule has 3 heterocycles. The fourth-order valence-electron chi connectivity index (χ4n) is 2.73. The lowest BCUT2D eigenvalue weighted by molar-refractivity contribution is -0.120. The number of carbonyl (C=O) groups excluding carboxylic acids is 2. The topological polar surface area (TPSA) is 75.6 Å². The number of hydrogen-bond donors (Lipinski definition) is 0. The fourth-order valence-corrected chi connectivity index (χ4v) is 2.73. The first-order chi connectivity index (χ1) is 9.61. The molecule has 0 saturated carbocycles. The molecule has 1 aromatic rings. The third-order valence-electron chi connectivity index (χ3n) is 3.87. The average molecular weight is 276 g/mol. The minimum absolute atomic E-state index is 0.207. The Labute approximate surface area is 116 Å². The van der Waals surface area contributed by atoms with Crippen molar-refractivity contribution in [3.63, 3.8) is 0 Å². The van der Waals surface area contributed by atoms with Crippen LogP contribution in [0.15, 0.2) is 12.1 Å². The maximum absolute atomic E-state index is 12.4. The van der Waals surface area contributed by atoms with Gasteiger partial charge in [0.15, 0.2) is 5.82 Å². The molecule has 0 radical (unpaired) electrons. The van der Waals surface area contributed by atoms with Crippen LogP contribution in [0.2, 0.25) is 0 Å². The number of anilines is 1. The fraction of sp³-hybridized carbons (Fsp3) is 0.538. The largest absolute Gasteiger partial charge is 0.480 e. The molecule has 0 bridgehead atoms. The first-order valence-corrected chi connectivity index (χ1v) is 6.64. The van der Waals surface area contributed by atoms with Crippen molar-refractivity contribution in [2.45, 2.75) is 25.8 Å². The Morgan fingerprint density at radius 3 is 2.75 bits per heavy atom. The van der Waals surface area contributed by atoms with E-state index >= 15 is 0 Å². The zero-order valence-electron chi connectivity index (χ0n) is 11.4. The molecule has 106 valence electrons. The Bertz CT molecular complexity index is 545. The van der Waals surface area contributed by atoms with Gasteiger partial charge in [0.1, 0.15) is 6.04 Å². The minimum atomic E-state index is -0.352. The smallest absolute Gasteiger partial charge is 0.333 e. The van der Waals surface area contributed by atoms with Gasteiger partial charge in [-0.1, -0.05) is 6.92 Å². The molecular weight excluding hydrogens is 260 g/mol. The predicted molar refractivity (Wildman–Crippen MR) is 70.4 cm³/mol. The molecule has 2 aliphatic rings. The Morgan fingerprint density at radius 1 is 1.30 bits per heavy atom. The van der Waals surface area contributed by atoms with Crippen LogP contribution in [0.25, 0.3) is 0 Å². The Kier molecular flexibility index (Phi) is 3.04. The molecule has 7 heteroatoms. The normalized spacial score (nSPS) is 25.9. The number of carbonyl (C=O) groups is 2. The summed E-state index contributed by atoms with van der Waals surface area (Å²) in [6.07, 6.45) is 1.64. The number of methoxy groups -OCH3 is 1. The average Bonchev–Trinajstić information content (AvgIpc) is 2.71. The lowest BCUT2D eigenvalue weighted by atomic mass is 9.93. The minimum Gasteiger partial charge on any atom is -0.480 e. The van der Waals surface area contributed by atoms with E-state index in [2.05, 4.69) is 17.1 Å². The second kappa shape index (κ2) is 4.73. The first-order valence-electron chi connectivity index (χ1n) is 6.64. The van der Waals surface area contributed by atoms with Gasteiger partial charge in [-0.25, -0.2) is 9.69 Å². The van der Waals surface area contributed by atoms with Gasteiger partial charge in [-0.05, 0) is 24.8 Å². The van der Waals surface area contributed by atoms with Gasteiger partial charge in [-0.3, -0.25) is 4.79 Å². The van der Waals surface area contributed by atoms with Crippen molar-refractivity contribution in [1.29, 1.82) is 0 Å². The van der Waals surface area contributed by atoms with Gasteiger partial charge in [-0.15, -0.1) is 10.2 Å². The lowest BCUT2D eigenvalue weighted by Gasteiger charge is -2.30. The van der Waals surface area contributed by atoms with Gasteiger partial charge in [0.25, 0.3) is 5.91 Å². The highest BCUT2D eigenvalue weighted by Crippen LogP contribution is 2.32.